The Bertz CT molecular complexity index is 889. The maximum atomic E-state index is 12.6. The van der Waals surface area contributed by atoms with Crippen molar-refractivity contribution in [3.8, 4) is 5.75 Å². The van der Waals surface area contributed by atoms with Gasteiger partial charge in [0.05, 0.1) is 13.4 Å². The van der Waals surface area contributed by atoms with Gasteiger partial charge in [-0.3, -0.25) is 4.79 Å². The van der Waals surface area contributed by atoms with Gasteiger partial charge in [-0.15, -0.1) is 0 Å². The molecule has 2 aromatic rings. The molecular formula is C19H24N2O5S. The third-order valence-corrected chi connectivity index (χ3v) is 5.94. The topological polar surface area (TPSA) is 97.6 Å². The van der Waals surface area contributed by atoms with E-state index in [1.54, 1.807) is 12.3 Å². The summed E-state index contributed by atoms with van der Waals surface area (Å²) in [5, 5.41) is 2.89. The van der Waals surface area contributed by atoms with Gasteiger partial charge >= 0.3 is 0 Å². The first-order valence-corrected chi connectivity index (χ1v) is 10.4. The van der Waals surface area contributed by atoms with Crippen LogP contribution in [0, 0.1) is 0 Å². The summed E-state index contributed by atoms with van der Waals surface area (Å²) in [4.78, 5) is 12.5. The second-order valence-corrected chi connectivity index (χ2v) is 8.44. The largest absolute Gasteiger partial charge is 0.495 e. The molecule has 1 amide bonds. The van der Waals surface area contributed by atoms with Crippen molar-refractivity contribution in [1.29, 1.82) is 0 Å². The normalized spacial score (nSPS) is 15.3. The van der Waals surface area contributed by atoms with Gasteiger partial charge < -0.3 is 14.5 Å². The predicted octanol–water partition coefficient (Wildman–Crippen LogP) is 2.48. The molecule has 8 heteroatoms. The average Bonchev–Trinajstić information content (AvgIpc) is 3.28. The van der Waals surface area contributed by atoms with E-state index in [2.05, 4.69) is 10.0 Å². The van der Waals surface area contributed by atoms with Crippen molar-refractivity contribution < 1.29 is 22.4 Å². The van der Waals surface area contributed by atoms with Crippen molar-refractivity contribution in [2.75, 3.05) is 7.11 Å². The molecule has 1 unspecified atom stereocenters. The minimum Gasteiger partial charge on any atom is -0.495 e. The number of hydrogen-bond donors (Lipinski definition) is 2. The van der Waals surface area contributed by atoms with Gasteiger partial charge in [0.1, 0.15) is 16.4 Å². The third-order valence-electron chi connectivity index (χ3n) is 4.40. The van der Waals surface area contributed by atoms with Crippen molar-refractivity contribution in [2.45, 2.75) is 49.6 Å². The summed E-state index contributed by atoms with van der Waals surface area (Å²) >= 11 is 0. The van der Waals surface area contributed by atoms with Crippen LogP contribution in [0.15, 0.2) is 45.9 Å². The number of amides is 1. The zero-order chi connectivity index (χ0) is 19.4. The number of benzene rings is 1. The van der Waals surface area contributed by atoms with Crippen molar-refractivity contribution in [2.24, 2.45) is 0 Å². The Morgan fingerprint density at radius 1 is 1.33 bits per heavy atom. The van der Waals surface area contributed by atoms with Crippen LogP contribution in [0.4, 0.5) is 0 Å². The van der Waals surface area contributed by atoms with Crippen LogP contribution in [-0.4, -0.2) is 33.5 Å². The standard InChI is InChI=1S/C19H24N2O5S/c1-13(5-9-16-4-3-11-26-16)20-19(22)14-6-10-17(25-2)18(12-14)27(23,24)21-15-7-8-15/h3-4,6,10-13,15,21H,5,7-9H2,1-2H3,(H,20,22). The van der Waals surface area contributed by atoms with Crippen LogP contribution in [0.2, 0.25) is 0 Å². The number of aryl methyl sites for hydroxylation is 1. The molecule has 27 heavy (non-hydrogen) atoms. The third kappa shape index (κ3) is 5.11. The molecule has 1 aromatic carbocycles. The molecule has 1 fully saturated rings. The van der Waals surface area contributed by atoms with E-state index in [0.29, 0.717) is 12.8 Å². The van der Waals surface area contributed by atoms with E-state index in [9.17, 15) is 13.2 Å². The first-order chi connectivity index (χ1) is 12.9. The number of furan rings is 1. The van der Waals surface area contributed by atoms with Gasteiger partial charge in [0.15, 0.2) is 0 Å². The molecule has 3 rings (SSSR count). The van der Waals surface area contributed by atoms with E-state index in [1.165, 1.54) is 19.2 Å². The predicted molar refractivity (Wildman–Crippen MR) is 100 cm³/mol. The van der Waals surface area contributed by atoms with Crippen molar-refractivity contribution in [1.82, 2.24) is 10.0 Å². The van der Waals surface area contributed by atoms with Crippen molar-refractivity contribution in [3.05, 3.63) is 47.9 Å². The van der Waals surface area contributed by atoms with Gasteiger partial charge in [0, 0.05) is 24.1 Å². The molecule has 1 atom stereocenters. The fraction of sp³-hybridized carbons (Fsp3) is 0.421. The van der Waals surface area contributed by atoms with Gasteiger partial charge in [-0.25, -0.2) is 13.1 Å². The lowest BCUT2D eigenvalue weighted by Crippen LogP contribution is -2.33. The number of ether oxygens (including phenoxy) is 1. The molecule has 0 radical (unpaired) electrons. The first-order valence-electron chi connectivity index (χ1n) is 8.92. The summed E-state index contributed by atoms with van der Waals surface area (Å²) in [6, 6.07) is 8.02. The zero-order valence-electron chi connectivity index (χ0n) is 15.4. The van der Waals surface area contributed by atoms with Crippen LogP contribution in [0.5, 0.6) is 5.75 Å². The number of methoxy groups -OCH3 is 1. The van der Waals surface area contributed by atoms with E-state index in [4.69, 9.17) is 9.15 Å². The van der Waals surface area contributed by atoms with Crippen LogP contribution in [0.25, 0.3) is 0 Å². The minimum absolute atomic E-state index is 0.0206. The monoisotopic (exact) mass is 392 g/mol. The molecule has 1 aliphatic rings. The molecule has 1 aromatic heterocycles. The summed E-state index contributed by atoms with van der Waals surface area (Å²) in [6.45, 7) is 1.90. The van der Waals surface area contributed by atoms with E-state index < -0.39 is 10.0 Å². The first kappa shape index (κ1) is 19.4. The Morgan fingerprint density at radius 3 is 2.74 bits per heavy atom. The number of sulfonamides is 1. The highest BCUT2D eigenvalue weighted by Gasteiger charge is 2.30. The van der Waals surface area contributed by atoms with Crippen LogP contribution in [-0.2, 0) is 16.4 Å². The smallest absolute Gasteiger partial charge is 0.251 e. The Hall–Kier alpha value is -2.32. The highest BCUT2D eigenvalue weighted by molar-refractivity contribution is 7.89. The van der Waals surface area contributed by atoms with Crippen molar-refractivity contribution in [3.63, 3.8) is 0 Å². The summed E-state index contributed by atoms with van der Waals surface area (Å²) in [7, 11) is -2.33. The van der Waals surface area contributed by atoms with Gasteiger partial charge in [0.25, 0.3) is 5.91 Å². The molecule has 1 heterocycles. The molecule has 1 saturated carbocycles. The van der Waals surface area contributed by atoms with Gasteiger partial charge in [-0.2, -0.15) is 0 Å². The molecule has 1 aliphatic carbocycles. The van der Waals surface area contributed by atoms with Crippen LogP contribution in [0.3, 0.4) is 0 Å². The quantitative estimate of drug-likeness (QED) is 0.683. The number of nitrogens with one attached hydrogen (secondary N) is 2. The van der Waals surface area contributed by atoms with E-state index in [1.807, 2.05) is 19.1 Å². The number of hydrogen-bond acceptors (Lipinski definition) is 5. The van der Waals surface area contributed by atoms with E-state index in [-0.39, 0.29) is 34.2 Å². The van der Waals surface area contributed by atoms with Gasteiger partial charge in [-0.1, -0.05) is 0 Å². The Morgan fingerprint density at radius 2 is 2.11 bits per heavy atom. The van der Waals surface area contributed by atoms with Gasteiger partial charge in [0.2, 0.25) is 10.0 Å². The maximum Gasteiger partial charge on any atom is 0.251 e. The fourth-order valence-electron chi connectivity index (χ4n) is 2.70. The Labute approximate surface area is 159 Å². The molecule has 0 saturated heterocycles. The molecule has 0 aliphatic heterocycles. The summed E-state index contributed by atoms with van der Waals surface area (Å²) in [5.74, 6) is 0.748. The molecular weight excluding hydrogens is 368 g/mol. The summed E-state index contributed by atoms with van der Waals surface area (Å²) in [6.07, 6.45) is 4.70. The number of carbonyl (C=O) groups is 1. The molecule has 146 valence electrons. The van der Waals surface area contributed by atoms with Crippen LogP contribution >= 0.6 is 0 Å². The second-order valence-electron chi connectivity index (χ2n) is 6.75. The van der Waals surface area contributed by atoms with Crippen LogP contribution in [0.1, 0.15) is 42.3 Å². The van der Waals surface area contributed by atoms with E-state index >= 15 is 0 Å². The molecule has 7 nitrogen and oxygen atoms in total. The average molecular weight is 392 g/mol. The Balaban J connectivity index is 1.69. The molecule has 2 N–H and O–H groups in total. The Kier molecular flexibility index (Phi) is 5.86. The summed E-state index contributed by atoms with van der Waals surface area (Å²) < 4.78 is 38.2. The molecule has 0 spiro atoms. The van der Waals surface area contributed by atoms with Crippen molar-refractivity contribution >= 4 is 15.9 Å². The second kappa shape index (κ2) is 8.14. The van der Waals surface area contributed by atoms with Gasteiger partial charge in [-0.05, 0) is 56.5 Å². The minimum atomic E-state index is -3.73. The zero-order valence-corrected chi connectivity index (χ0v) is 16.2. The summed E-state index contributed by atoms with van der Waals surface area (Å²) in [5.41, 5.74) is 0.275. The van der Waals surface area contributed by atoms with Crippen LogP contribution < -0.4 is 14.8 Å². The number of carbonyl (C=O) groups excluding carboxylic acids is 1. The number of rotatable bonds is 9. The van der Waals surface area contributed by atoms with E-state index in [0.717, 1.165) is 18.6 Å². The lowest BCUT2D eigenvalue weighted by atomic mass is 10.1. The molecule has 0 bridgehead atoms. The highest BCUT2D eigenvalue weighted by atomic mass is 32.2. The highest BCUT2D eigenvalue weighted by Crippen LogP contribution is 2.28. The lowest BCUT2D eigenvalue weighted by molar-refractivity contribution is 0.0938. The SMILES string of the molecule is COc1ccc(C(=O)NC(C)CCc2ccco2)cc1S(=O)(=O)NC1CC1. The maximum absolute atomic E-state index is 12.6. The lowest BCUT2D eigenvalue weighted by Gasteiger charge is -2.15. The fourth-order valence-corrected chi connectivity index (χ4v) is 4.20.